The molecule has 0 atom stereocenters. The number of amidine groups is 1. The van der Waals surface area contributed by atoms with Crippen LogP contribution in [0.5, 0.6) is 5.75 Å². The van der Waals surface area contributed by atoms with Crippen molar-refractivity contribution in [1.29, 1.82) is 0 Å². The van der Waals surface area contributed by atoms with Crippen LogP contribution in [0.15, 0.2) is 35.0 Å². The Labute approximate surface area is 104 Å². The summed E-state index contributed by atoms with van der Waals surface area (Å²) in [6.07, 6.45) is 0.723. The molecule has 1 aliphatic heterocycles. The lowest BCUT2D eigenvalue weighted by atomic mass is 10.0. The minimum atomic E-state index is -0.452. The molecule has 94 valence electrons. The molecule has 3 N–H and O–H groups in total. The van der Waals surface area contributed by atoms with Crippen molar-refractivity contribution in [1.82, 2.24) is 5.32 Å². The largest absolute Gasteiger partial charge is 0.515 e. The Morgan fingerprint density at radius 2 is 2.28 bits per heavy atom. The van der Waals surface area contributed by atoms with Crippen LogP contribution in [-0.4, -0.2) is 34.9 Å². The zero-order valence-electron chi connectivity index (χ0n) is 9.97. The third-order valence-corrected chi connectivity index (χ3v) is 2.70. The summed E-state index contributed by atoms with van der Waals surface area (Å²) in [5, 5.41) is 21.8. The Hall–Kier alpha value is -2.30. The van der Waals surface area contributed by atoms with E-state index in [0.29, 0.717) is 18.9 Å². The van der Waals surface area contributed by atoms with E-state index in [-0.39, 0.29) is 16.9 Å². The molecule has 0 aromatic heterocycles. The van der Waals surface area contributed by atoms with Gasteiger partial charge in [-0.15, -0.1) is 0 Å². The molecule has 0 saturated heterocycles. The van der Waals surface area contributed by atoms with Gasteiger partial charge in [0, 0.05) is 6.54 Å². The molecule has 5 nitrogen and oxygen atoms in total. The van der Waals surface area contributed by atoms with E-state index < -0.39 is 5.78 Å². The summed E-state index contributed by atoms with van der Waals surface area (Å²) in [6.45, 7) is 3.03. The lowest BCUT2D eigenvalue weighted by Crippen LogP contribution is -2.25. The zero-order valence-corrected chi connectivity index (χ0v) is 9.97. The molecule has 2 rings (SSSR count). The molecular formula is C13H14N2O3. The van der Waals surface area contributed by atoms with Gasteiger partial charge >= 0.3 is 0 Å². The maximum absolute atomic E-state index is 12.2. The molecule has 18 heavy (non-hydrogen) atoms. The number of carbonyl (C=O) groups excluding carboxylic acids is 1. The van der Waals surface area contributed by atoms with Crippen LogP contribution in [0, 0.1) is 6.92 Å². The molecule has 0 fully saturated rings. The molecule has 0 amide bonds. The number of nitrogens with one attached hydrogen (secondary N) is 1. The molecule has 0 bridgehead atoms. The third kappa shape index (κ3) is 2.20. The summed E-state index contributed by atoms with van der Waals surface area (Å²) in [5.74, 6) is -0.196. The first-order valence-corrected chi connectivity index (χ1v) is 5.61. The van der Waals surface area contributed by atoms with Crippen LogP contribution in [0.1, 0.15) is 15.9 Å². The number of benzene rings is 1. The fraction of sp³-hybridized carbons (Fsp3) is 0.231. The Balaban J connectivity index is 2.38. The second kappa shape index (κ2) is 4.91. The second-order valence-corrected chi connectivity index (χ2v) is 4.05. The highest BCUT2D eigenvalue weighted by molar-refractivity contribution is 6.28. The average Bonchev–Trinajstić information content (AvgIpc) is 2.87. The number of hydrogen-bond acceptors (Lipinski definition) is 5. The smallest absolute Gasteiger partial charge is 0.203 e. The normalized spacial score (nSPS) is 15.2. The van der Waals surface area contributed by atoms with E-state index in [1.54, 1.807) is 12.1 Å². The van der Waals surface area contributed by atoms with Crippen molar-refractivity contribution >= 4 is 11.6 Å². The molecule has 1 heterocycles. The number of phenols is 1. The van der Waals surface area contributed by atoms with Gasteiger partial charge in [-0.25, -0.2) is 0 Å². The summed E-state index contributed by atoms with van der Waals surface area (Å²) < 4.78 is 0. The van der Waals surface area contributed by atoms with Crippen LogP contribution >= 0.6 is 0 Å². The SMILES string of the molecule is Cc1ccc(O)c(C(=O)/C(=C/O)C2=NCCN2)c1. The van der Waals surface area contributed by atoms with E-state index in [9.17, 15) is 15.0 Å². The van der Waals surface area contributed by atoms with E-state index in [0.717, 1.165) is 11.8 Å². The summed E-state index contributed by atoms with van der Waals surface area (Å²) in [5.41, 5.74) is 1.08. The van der Waals surface area contributed by atoms with Gasteiger partial charge < -0.3 is 15.5 Å². The number of nitrogens with zero attached hydrogens (tertiary/aromatic N) is 1. The number of aliphatic hydroxyl groups excluding tert-OH is 1. The summed E-state index contributed by atoms with van der Waals surface area (Å²) in [4.78, 5) is 16.3. The topological polar surface area (TPSA) is 81.9 Å². The van der Waals surface area contributed by atoms with Gasteiger partial charge in [0.1, 0.15) is 11.6 Å². The van der Waals surface area contributed by atoms with Crippen LogP contribution in [-0.2, 0) is 0 Å². The van der Waals surface area contributed by atoms with Crippen LogP contribution < -0.4 is 5.32 Å². The van der Waals surface area contributed by atoms with Gasteiger partial charge in [-0.3, -0.25) is 9.79 Å². The van der Waals surface area contributed by atoms with E-state index >= 15 is 0 Å². The Kier molecular flexibility index (Phi) is 3.32. The van der Waals surface area contributed by atoms with Crippen molar-refractivity contribution in [2.24, 2.45) is 4.99 Å². The van der Waals surface area contributed by atoms with Crippen LogP contribution in [0.4, 0.5) is 0 Å². The Morgan fingerprint density at radius 3 is 2.89 bits per heavy atom. The van der Waals surface area contributed by atoms with Crippen LogP contribution in [0.25, 0.3) is 0 Å². The molecule has 1 aromatic rings. The zero-order chi connectivity index (χ0) is 13.1. The molecule has 0 radical (unpaired) electrons. The molecular weight excluding hydrogens is 232 g/mol. The maximum Gasteiger partial charge on any atom is 0.203 e. The first kappa shape index (κ1) is 12.2. The molecule has 0 unspecified atom stereocenters. The van der Waals surface area contributed by atoms with Gasteiger partial charge in [0.05, 0.1) is 23.9 Å². The first-order valence-electron chi connectivity index (χ1n) is 5.61. The monoisotopic (exact) mass is 246 g/mol. The molecule has 1 aliphatic rings. The number of aliphatic imine (C=N–C) groups is 1. The fourth-order valence-electron chi connectivity index (χ4n) is 1.78. The summed E-state index contributed by atoms with van der Waals surface area (Å²) >= 11 is 0. The number of aromatic hydroxyl groups is 1. The number of aliphatic hydroxyl groups is 1. The standard InChI is InChI=1S/C13H14N2O3/c1-8-2-3-11(17)9(6-8)12(18)10(7-16)13-14-4-5-15-13/h2-3,6-7,16-17H,4-5H2,1H3,(H,14,15)/b10-7-. The quantitative estimate of drug-likeness (QED) is 0.427. The van der Waals surface area contributed by atoms with Gasteiger partial charge in [-0.05, 0) is 19.1 Å². The number of phenolic OH excluding ortho intramolecular Hbond substituents is 1. The van der Waals surface area contributed by atoms with Gasteiger partial charge in [0.15, 0.2) is 0 Å². The van der Waals surface area contributed by atoms with Gasteiger partial charge in [-0.2, -0.15) is 0 Å². The lowest BCUT2D eigenvalue weighted by molar-refractivity contribution is 0.103. The second-order valence-electron chi connectivity index (χ2n) is 4.05. The predicted molar refractivity (Wildman–Crippen MR) is 68.2 cm³/mol. The number of hydrogen-bond donors (Lipinski definition) is 3. The molecule has 0 saturated carbocycles. The fourth-order valence-corrected chi connectivity index (χ4v) is 1.78. The van der Waals surface area contributed by atoms with Crippen molar-refractivity contribution in [2.45, 2.75) is 6.92 Å². The van der Waals surface area contributed by atoms with Crippen molar-refractivity contribution in [2.75, 3.05) is 13.1 Å². The summed E-state index contributed by atoms with van der Waals surface area (Å²) in [6, 6.07) is 4.75. The van der Waals surface area contributed by atoms with Crippen LogP contribution in [0.3, 0.4) is 0 Å². The minimum Gasteiger partial charge on any atom is -0.515 e. The predicted octanol–water partition coefficient (Wildman–Crippen LogP) is 1.33. The molecule has 5 heteroatoms. The van der Waals surface area contributed by atoms with E-state index in [1.807, 2.05) is 6.92 Å². The van der Waals surface area contributed by atoms with E-state index in [1.165, 1.54) is 6.07 Å². The number of rotatable bonds is 3. The number of carbonyl (C=O) groups is 1. The maximum atomic E-state index is 12.2. The lowest BCUT2D eigenvalue weighted by Gasteiger charge is -2.08. The number of aryl methyl sites for hydroxylation is 1. The van der Waals surface area contributed by atoms with Crippen molar-refractivity contribution in [3.63, 3.8) is 0 Å². The van der Waals surface area contributed by atoms with Gasteiger partial charge in [0.25, 0.3) is 0 Å². The molecule has 0 aliphatic carbocycles. The Morgan fingerprint density at radius 1 is 1.50 bits per heavy atom. The molecule has 0 spiro atoms. The van der Waals surface area contributed by atoms with Crippen molar-refractivity contribution in [3.05, 3.63) is 41.2 Å². The highest BCUT2D eigenvalue weighted by atomic mass is 16.3. The van der Waals surface area contributed by atoms with Crippen LogP contribution in [0.2, 0.25) is 0 Å². The van der Waals surface area contributed by atoms with Gasteiger partial charge in [-0.1, -0.05) is 11.6 Å². The number of Topliss-reactive ketones (excluding diaryl/α,β-unsaturated/α-hetero) is 1. The van der Waals surface area contributed by atoms with E-state index in [2.05, 4.69) is 10.3 Å². The average molecular weight is 246 g/mol. The first-order chi connectivity index (χ1) is 8.63. The Bertz CT molecular complexity index is 547. The highest BCUT2D eigenvalue weighted by Gasteiger charge is 2.22. The third-order valence-electron chi connectivity index (χ3n) is 2.70. The summed E-state index contributed by atoms with van der Waals surface area (Å²) in [7, 11) is 0. The van der Waals surface area contributed by atoms with Crippen molar-refractivity contribution in [3.8, 4) is 5.75 Å². The van der Waals surface area contributed by atoms with E-state index in [4.69, 9.17) is 0 Å². The molecule has 1 aromatic carbocycles. The van der Waals surface area contributed by atoms with Crippen molar-refractivity contribution < 1.29 is 15.0 Å². The van der Waals surface area contributed by atoms with Gasteiger partial charge in [0.2, 0.25) is 5.78 Å². The number of ketones is 1. The highest BCUT2D eigenvalue weighted by Crippen LogP contribution is 2.22. The minimum absolute atomic E-state index is 0.0633.